The molecule has 0 unspecified atom stereocenters. The van der Waals surface area contributed by atoms with Gasteiger partial charge >= 0.3 is 10.1 Å². The van der Waals surface area contributed by atoms with Crippen LogP contribution in [-0.2, 0) is 19.6 Å². The second-order valence-electron chi connectivity index (χ2n) is 5.02. The van der Waals surface area contributed by atoms with Gasteiger partial charge in [0, 0.05) is 6.54 Å². The highest BCUT2D eigenvalue weighted by Gasteiger charge is 2.21. The number of hydrogen-bond donors (Lipinski definition) is 1. The molecule has 0 spiro atoms. The predicted molar refractivity (Wildman–Crippen MR) is 82.4 cm³/mol. The van der Waals surface area contributed by atoms with Crippen LogP contribution in [0.4, 0.5) is 0 Å². The number of nitrogens with one attached hydrogen (secondary N) is 1. The Balaban J connectivity index is 1.72. The van der Waals surface area contributed by atoms with Crippen LogP contribution in [0.5, 0.6) is 5.75 Å². The molecule has 2 aromatic rings. The standard InChI is InChI=1S/C16H15NO5S/c18-16-11-21-15(10-17-16)12-6-8-13(9-7-12)22-23(19,20)14-4-2-1-3-5-14/h1-9,15H,10-11H2,(H,17,18)/t15-/m0/s1. The molecule has 0 aromatic heterocycles. The molecule has 0 aliphatic carbocycles. The fourth-order valence-corrected chi connectivity index (χ4v) is 3.16. The second-order valence-corrected chi connectivity index (χ2v) is 6.57. The largest absolute Gasteiger partial charge is 0.379 e. The van der Waals surface area contributed by atoms with Crippen molar-refractivity contribution in [2.24, 2.45) is 0 Å². The van der Waals surface area contributed by atoms with E-state index in [-0.39, 0.29) is 29.3 Å². The fourth-order valence-electron chi connectivity index (χ4n) is 2.21. The SMILES string of the molecule is O=C1CO[C@H](c2ccc(OS(=O)(=O)c3ccccc3)cc2)CN1. The van der Waals surface area contributed by atoms with Crippen molar-refractivity contribution < 1.29 is 22.1 Å². The molecule has 6 nitrogen and oxygen atoms in total. The number of amides is 1. The van der Waals surface area contributed by atoms with Crippen LogP contribution >= 0.6 is 0 Å². The summed E-state index contributed by atoms with van der Waals surface area (Å²) in [6, 6.07) is 14.5. The van der Waals surface area contributed by atoms with E-state index in [4.69, 9.17) is 8.92 Å². The van der Waals surface area contributed by atoms with Gasteiger partial charge in [0.1, 0.15) is 23.4 Å². The summed E-state index contributed by atoms with van der Waals surface area (Å²) in [6.45, 7) is 0.409. The first-order valence-corrected chi connectivity index (χ1v) is 8.43. The summed E-state index contributed by atoms with van der Waals surface area (Å²) in [5.41, 5.74) is 0.842. The number of carbonyl (C=O) groups is 1. The smallest absolute Gasteiger partial charge is 0.339 e. The molecule has 0 bridgehead atoms. The summed E-state index contributed by atoms with van der Waals surface area (Å²) in [7, 11) is -3.85. The molecule has 120 valence electrons. The Hall–Kier alpha value is -2.38. The molecular formula is C16H15NO5S. The molecule has 1 saturated heterocycles. The highest BCUT2D eigenvalue weighted by atomic mass is 32.2. The topological polar surface area (TPSA) is 81.7 Å². The summed E-state index contributed by atoms with van der Waals surface area (Å²) in [4.78, 5) is 11.2. The zero-order valence-electron chi connectivity index (χ0n) is 12.1. The van der Waals surface area contributed by atoms with Gasteiger partial charge in [0.25, 0.3) is 0 Å². The van der Waals surface area contributed by atoms with Crippen LogP contribution in [-0.4, -0.2) is 27.5 Å². The van der Waals surface area contributed by atoms with Crippen LogP contribution in [0.2, 0.25) is 0 Å². The van der Waals surface area contributed by atoms with Crippen molar-refractivity contribution >= 4 is 16.0 Å². The Morgan fingerprint density at radius 1 is 1.04 bits per heavy atom. The molecule has 7 heteroatoms. The van der Waals surface area contributed by atoms with Gasteiger partial charge in [-0.25, -0.2) is 0 Å². The first-order valence-electron chi connectivity index (χ1n) is 7.02. The van der Waals surface area contributed by atoms with E-state index in [0.29, 0.717) is 6.54 Å². The maximum absolute atomic E-state index is 12.1. The minimum atomic E-state index is -3.85. The van der Waals surface area contributed by atoms with Gasteiger partial charge in [0.15, 0.2) is 0 Å². The number of benzene rings is 2. The van der Waals surface area contributed by atoms with Crippen molar-refractivity contribution in [3.63, 3.8) is 0 Å². The lowest BCUT2D eigenvalue weighted by atomic mass is 10.1. The Kier molecular flexibility index (Phi) is 4.31. The molecule has 0 radical (unpaired) electrons. The molecule has 1 N–H and O–H groups in total. The maximum Gasteiger partial charge on any atom is 0.339 e. The predicted octanol–water partition coefficient (Wildman–Crippen LogP) is 1.64. The summed E-state index contributed by atoms with van der Waals surface area (Å²) < 4.78 is 34.8. The highest BCUT2D eigenvalue weighted by Crippen LogP contribution is 2.24. The minimum absolute atomic E-state index is 0.0192. The van der Waals surface area contributed by atoms with Gasteiger partial charge in [-0.1, -0.05) is 30.3 Å². The first-order chi connectivity index (χ1) is 11.0. The minimum Gasteiger partial charge on any atom is -0.379 e. The third-order valence-electron chi connectivity index (χ3n) is 3.39. The number of carbonyl (C=O) groups excluding carboxylic acids is 1. The van der Waals surface area contributed by atoms with Crippen LogP contribution in [0, 0.1) is 0 Å². The number of morpholine rings is 1. The lowest BCUT2D eigenvalue weighted by Crippen LogP contribution is -2.38. The Bertz CT molecular complexity index is 777. The lowest BCUT2D eigenvalue weighted by Gasteiger charge is -2.23. The summed E-state index contributed by atoms with van der Waals surface area (Å²) in [6.07, 6.45) is -0.243. The van der Waals surface area contributed by atoms with Crippen molar-refractivity contribution in [1.82, 2.24) is 5.32 Å². The van der Waals surface area contributed by atoms with Gasteiger partial charge in [0.2, 0.25) is 5.91 Å². The second kappa shape index (κ2) is 6.39. The van der Waals surface area contributed by atoms with Crippen molar-refractivity contribution in [2.75, 3.05) is 13.2 Å². The molecule has 3 rings (SSSR count). The Labute approximate surface area is 134 Å². The molecule has 1 amide bonds. The van der Waals surface area contributed by atoms with Crippen LogP contribution in [0.3, 0.4) is 0 Å². The quantitative estimate of drug-likeness (QED) is 0.860. The third kappa shape index (κ3) is 3.69. The average molecular weight is 333 g/mol. The number of ether oxygens (including phenoxy) is 1. The van der Waals surface area contributed by atoms with Crippen LogP contribution in [0.1, 0.15) is 11.7 Å². The Morgan fingerprint density at radius 3 is 2.35 bits per heavy atom. The van der Waals surface area contributed by atoms with Gasteiger partial charge in [-0.05, 0) is 29.8 Å². The maximum atomic E-state index is 12.1. The molecule has 1 fully saturated rings. The summed E-state index contributed by atoms with van der Waals surface area (Å²) >= 11 is 0. The lowest BCUT2D eigenvalue weighted by molar-refractivity contribution is -0.133. The van der Waals surface area contributed by atoms with Gasteiger partial charge < -0.3 is 14.2 Å². The van der Waals surface area contributed by atoms with Gasteiger partial charge in [-0.15, -0.1) is 0 Å². The Morgan fingerprint density at radius 2 is 1.74 bits per heavy atom. The normalized spacial score (nSPS) is 18.3. The zero-order valence-corrected chi connectivity index (χ0v) is 13.0. The molecular weight excluding hydrogens is 318 g/mol. The molecule has 1 atom stereocenters. The number of hydrogen-bond acceptors (Lipinski definition) is 5. The van der Waals surface area contributed by atoms with Crippen molar-refractivity contribution in [2.45, 2.75) is 11.0 Å². The summed E-state index contributed by atoms with van der Waals surface area (Å²) in [5, 5.41) is 2.71. The van der Waals surface area contributed by atoms with Gasteiger partial charge in [-0.2, -0.15) is 8.42 Å². The van der Waals surface area contributed by atoms with Crippen molar-refractivity contribution in [3.8, 4) is 5.75 Å². The highest BCUT2D eigenvalue weighted by molar-refractivity contribution is 7.87. The van der Waals surface area contributed by atoms with Crippen LogP contribution < -0.4 is 9.50 Å². The van der Waals surface area contributed by atoms with E-state index in [0.717, 1.165) is 5.56 Å². The fraction of sp³-hybridized carbons (Fsp3) is 0.188. The monoisotopic (exact) mass is 333 g/mol. The van der Waals surface area contributed by atoms with Gasteiger partial charge in [-0.3, -0.25) is 4.79 Å². The van der Waals surface area contributed by atoms with E-state index in [2.05, 4.69) is 5.32 Å². The van der Waals surface area contributed by atoms with Crippen molar-refractivity contribution in [1.29, 1.82) is 0 Å². The van der Waals surface area contributed by atoms with E-state index in [9.17, 15) is 13.2 Å². The molecule has 2 aromatic carbocycles. The number of rotatable bonds is 4. The van der Waals surface area contributed by atoms with E-state index in [1.165, 1.54) is 12.1 Å². The molecule has 1 aliphatic heterocycles. The molecule has 1 aliphatic rings. The van der Waals surface area contributed by atoms with Crippen LogP contribution in [0.15, 0.2) is 59.5 Å². The third-order valence-corrected chi connectivity index (χ3v) is 4.65. The van der Waals surface area contributed by atoms with E-state index >= 15 is 0 Å². The van der Waals surface area contributed by atoms with E-state index in [1.54, 1.807) is 42.5 Å². The van der Waals surface area contributed by atoms with E-state index in [1.807, 2.05) is 0 Å². The molecule has 0 saturated carbocycles. The summed E-state index contributed by atoms with van der Waals surface area (Å²) in [5.74, 6) is 0.0765. The molecule has 1 heterocycles. The zero-order chi connectivity index (χ0) is 16.3. The molecule has 23 heavy (non-hydrogen) atoms. The average Bonchev–Trinajstić information content (AvgIpc) is 2.57. The van der Waals surface area contributed by atoms with E-state index < -0.39 is 10.1 Å². The first kappa shape index (κ1) is 15.5. The van der Waals surface area contributed by atoms with Gasteiger partial charge in [0.05, 0.1) is 0 Å². The van der Waals surface area contributed by atoms with Crippen LogP contribution in [0.25, 0.3) is 0 Å². The van der Waals surface area contributed by atoms with Crippen molar-refractivity contribution in [3.05, 3.63) is 60.2 Å².